The highest BCUT2D eigenvalue weighted by molar-refractivity contribution is 5.75. The van der Waals surface area contributed by atoms with Crippen LogP contribution in [-0.4, -0.2) is 29.2 Å². The molecule has 3 rings (SSSR count). The molecule has 0 saturated carbocycles. The zero-order valence-electron chi connectivity index (χ0n) is 11.5. The molecule has 2 heterocycles. The first-order valence-corrected chi connectivity index (χ1v) is 7.14. The minimum absolute atomic E-state index is 0.785. The maximum absolute atomic E-state index is 4.40. The van der Waals surface area contributed by atoms with Crippen LogP contribution in [0.2, 0.25) is 0 Å². The molecule has 1 aliphatic rings. The Hall–Kier alpha value is -1.39. The van der Waals surface area contributed by atoms with Crippen LogP contribution in [0, 0.1) is 5.92 Å². The lowest BCUT2D eigenvalue weighted by molar-refractivity contribution is 0.360. The number of hydrogen-bond acceptors (Lipinski definition) is 3. The zero-order chi connectivity index (χ0) is 13.1. The van der Waals surface area contributed by atoms with Gasteiger partial charge in [-0.25, -0.2) is 4.98 Å². The van der Waals surface area contributed by atoms with Crippen molar-refractivity contribution in [3.63, 3.8) is 0 Å². The van der Waals surface area contributed by atoms with Gasteiger partial charge in [-0.2, -0.15) is 0 Å². The Kier molecular flexibility index (Phi) is 3.80. The summed E-state index contributed by atoms with van der Waals surface area (Å²) in [7, 11) is 2.03. The fourth-order valence-electron chi connectivity index (χ4n) is 2.81. The standard InChI is InChI=1S/C15H22N4/c1-19-11-18-14-7-12(4-5-15(14)19)8-17-10-13-3-2-6-16-9-13/h4-5,7,11,13,16-17H,2-3,6,8-10H2,1H3. The minimum Gasteiger partial charge on any atom is -0.334 e. The third-order valence-electron chi connectivity index (χ3n) is 3.95. The van der Waals surface area contributed by atoms with E-state index in [1.165, 1.54) is 30.5 Å². The van der Waals surface area contributed by atoms with E-state index in [4.69, 9.17) is 0 Å². The number of hydrogen-bond donors (Lipinski definition) is 2. The summed E-state index contributed by atoms with van der Waals surface area (Å²) in [5.41, 5.74) is 3.59. The van der Waals surface area contributed by atoms with Gasteiger partial charge in [0.05, 0.1) is 17.4 Å². The van der Waals surface area contributed by atoms with E-state index < -0.39 is 0 Å². The first-order valence-electron chi connectivity index (χ1n) is 7.14. The molecule has 1 saturated heterocycles. The second kappa shape index (κ2) is 5.72. The van der Waals surface area contributed by atoms with Crippen LogP contribution in [0.25, 0.3) is 11.0 Å². The molecular weight excluding hydrogens is 236 g/mol. The number of fused-ring (bicyclic) bond motifs is 1. The Morgan fingerprint density at radius 3 is 3.26 bits per heavy atom. The number of nitrogens with zero attached hydrogens (tertiary/aromatic N) is 2. The van der Waals surface area contributed by atoms with Crippen molar-refractivity contribution < 1.29 is 0 Å². The van der Waals surface area contributed by atoms with Crippen molar-refractivity contribution in [1.82, 2.24) is 20.2 Å². The van der Waals surface area contributed by atoms with Crippen molar-refractivity contribution in [3.05, 3.63) is 30.1 Å². The van der Waals surface area contributed by atoms with Crippen LogP contribution in [-0.2, 0) is 13.6 Å². The van der Waals surface area contributed by atoms with E-state index in [1.54, 1.807) is 0 Å². The van der Waals surface area contributed by atoms with Crippen LogP contribution in [0.15, 0.2) is 24.5 Å². The Bertz CT molecular complexity index is 540. The second-order valence-corrected chi connectivity index (χ2v) is 5.52. The van der Waals surface area contributed by atoms with E-state index in [-0.39, 0.29) is 0 Å². The number of aryl methyl sites for hydroxylation is 1. The van der Waals surface area contributed by atoms with Gasteiger partial charge in [-0.3, -0.25) is 0 Å². The zero-order valence-corrected chi connectivity index (χ0v) is 11.5. The van der Waals surface area contributed by atoms with E-state index in [0.717, 1.165) is 31.1 Å². The number of benzene rings is 1. The summed E-state index contributed by atoms with van der Waals surface area (Å²) in [6.07, 6.45) is 4.53. The number of rotatable bonds is 4. The molecule has 1 aromatic carbocycles. The SMILES string of the molecule is Cn1cnc2cc(CNCC3CCCNC3)ccc21. The van der Waals surface area contributed by atoms with Crippen molar-refractivity contribution in [2.75, 3.05) is 19.6 Å². The Labute approximate surface area is 114 Å². The fraction of sp³-hybridized carbons (Fsp3) is 0.533. The molecule has 1 aliphatic heterocycles. The highest BCUT2D eigenvalue weighted by Crippen LogP contribution is 2.14. The van der Waals surface area contributed by atoms with Gasteiger partial charge in [0.2, 0.25) is 0 Å². The van der Waals surface area contributed by atoms with Gasteiger partial charge in [0.25, 0.3) is 0 Å². The van der Waals surface area contributed by atoms with E-state index >= 15 is 0 Å². The van der Waals surface area contributed by atoms with Crippen LogP contribution in [0.4, 0.5) is 0 Å². The fourth-order valence-corrected chi connectivity index (χ4v) is 2.81. The van der Waals surface area contributed by atoms with Gasteiger partial charge in [0.15, 0.2) is 0 Å². The van der Waals surface area contributed by atoms with Gasteiger partial charge < -0.3 is 15.2 Å². The summed E-state index contributed by atoms with van der Waals surface area (Å²) in [4.78, 5) is 4.40. The molecule has 0 aliphatic carbocycles. The van der Waals surface area contributed by atoms with Gasteiger partial charge in [-0.15, -0.1) is 0 Å². The molecule has 1 unspecified atom stereocenters. The van der Waals surface area contributed by atoms with E-state index in [0.29, 0.717) is 0 Å². The molecule has 1 fully saturated rings. The summed E-state index contributed by atoms with van der Waals surface area (Å²) >= 11 is 0. The topological polar surface area (TPSA) is 41.9 Å². The molecule has 19 heavy (non-hydrogen) atoms. The maximum Gasteiger partial charge on any atom is 0.0955 e. The summed E-state index contributed by atoms with van der Waals surface area (Å²) in [6.45, 7) is 4.38. The Balaban J connectivity index is 1.56. The molecule has 102 valence electrons. The molecule has 1 aromatic heterocycles. The van der Waals surface area contributed by atoms with Gasteiger partial charge in [0, 0.05) is 13.6 Å². The molecule has 2 N–H and O–H groups in total. The predicted molar refractivity (Wildman–Crippen MR) is 78.0 cm³/mol. The van der Waals surface area contributed by atoms with Gasteiger partial charge >= 0.3 is 0 Å². The highest BCUT2D eigenvalue weighted by atomic mass is 15.0. The summed E-state index contributed by atoms with van der Waals surface area (Å²) < 4.78 is 2.06. The molecule has 0 bridgehead atoms. The molecular formula is C15H22N4. The maximum atomic E-state index is 4.40. The van der Waals surface area contributed by atoms with Crippen LogP contribution in [0.1, 0.15) is 18.4 Å². The molecule has 4 heteroatoms. The molecule has 0 radical (unpaired) electrons. The van der Waals surface area contributed by atoms with E-state index in [1.807, 2.05) is 13.4 Å². The van der Waals surface area contributed by atoms with Crippen molar-refractivity contribution in [2.45, 2.75) is 19.4 Å². The lowest BCUT2D eigenvalue weighted by Gasteiger charge is -2.22. The summed E-state index contributed by atoms with van der Waals surface area (Å²) in [6, 6.07) is 6.53. The molecule has 4 nitrogen and oxygen atoms in total. The average molecular weight is 258 g/mol. The van der Waals surface area contributed by atoms with Crippen molar-refractivity contribution in [2.24, 2.45) is 13.0 Å². The quantitative estimate of drug-likeness (QED) is 0.876. The smallest absolute Gasteiger partial charge is 0.0955 e. The van der Waals surface area contributed by atoms with Crippen LogP contribution in [0.5, 0.6) is 0 Å². The Morgan fingerprint density at radius 2 is 2.42 bits per heavy atom. The van der Waals surface area contributed by atoms with Crippen LogP contribution < -0.4 is 10.6 Å². The first kappa shape index (κ1) is 12.6. The summed E-state index contributed by atoms with van der Waals surface area (Å²) in [5.74, 6) is 0.785. The molecule has 0 spiro atoms. The highest BCUT2D eigenvalue weighted by Gasteiger charge is 2.12. The number of imidazole rings is 1. The van der Waals surface area contributed by atoms with E-state index in [2.05, 4.69) is 38.4 Å². The van der Waals surface area contributed by atoms with Crippen LogP contribution in [0.3, 0.4) is 0 Å². The molecule has 2 aromatic rings. The molecule has 0 amide bonds. The van der Waals surface area contributed by atoms with Crippen molar-refractivity contribution >= 4 is 11.0 Å². The monoisotopic (exact) mass is 258 g/mol. The lowest BCUT2D eigenvalue weighted by Crippen LogP contribution is -2.35. The third-order valence-corrected chi connectivity index (χ3v) is 3.95. The van der Waals surface area contributed by atoms with E-state index in [9.17, 15) is 0 Å². The number of aromatic nitrogens is 2. The average Bonchev–Trinajstić information content (AvgIpc) is 2.81. The van der Waals surface area contributed by atoms with Gasteiger partial charge in [0.1, 0.15) is 0 Å². The normalized spacial score (nSPS) is 19.9. The molecule has 1 atom stereocenters. The van der Waals surface area contributed by atoms with Gasteiger partial charge in [-0.1, -0.05) is 6.07 Å². The third kappa shape index (κ3) is 2.96. The van der Waals surface area contributed by atoms with Crippen molar-refractivity contribution in [1.29, 1.82) is 0 Å². The largest absolute Gasteiger partial charge is 0.334 e. The predicted octanol–water partition coefficient (Wildman–Crippen LogP) is 1.66. The van der Waals surface area contributed by atoms with Crippen molar-refractivity contribution in [3.8, 4) is 0 Å². The Morgan fingerprint density at radius 1 is 1.47 bits per heavy atom. The van der Waals surface area contributed by atoms with Gasteiger partial charge in [-0.05, 0) is 56.1 Å². The summed E-state index contributed by atoms with van der Waals surface area (Å²) in [5, 5.41) is 7.03. The first-order chi connectivity index (χ1) is 9.33. The number of piperidine rings is 1. The second-order valence-electron chi connectivity index (χ2n) is 5.52. The number of nitrogens with one attached hydrogen (secondary N) is 2. The lowest BCUT2D eigenvalue weighted by atomic mass is 10.00. The van der Waals surface area contributed by atoms with Crippen LogP contribution >= 0.6 is 0 Å². The minimum atomic E-state index is 0.785.